The maximum absolute atomic E-state index is 12.6. The Balaban J connectivity index is 2.06. The van der Waals surface area contributed by atoms with Crippen LogP contribution in [0.5, 0.6) is 0 Å². The van der Waals surface area contributed by atoms with E-state index in [-0.39, 0.29) is 22.8 Å². The minimum atomic E-state index is -0.591. The fourth-order valence-corrected chi connectivity index (χ4v) is 6.53. The van der Waals surface area contributed by atoms with E-state index in [1.165, 1.54) is 12.5 Å². The van der Waals surface area contributed by atoms with Crippen molar-refractivity contribution in [1.29, 1.82) is 0 Å². The van der Waals surface area contributed by atoms with Gasteiger partial charge >= 0.3 is 11.9 Å². The number of ether oxygens (including phenoxy) is 2. The molecule has 0 unspecified atom stereocenters. The third-order valence-corrected chi connectivity index (χ3v) is 5.84. The molecular weight excluding hydrogens is 280 g/mol. The lowest BCUT2D eigenvalue weighted by Gasteiger charge is -2.67. The summed E-state index contributed by atoms with van der Waals surface area (Å²) >= 11 is 0. The molecule has 0 radical (unpaired) electrons. The minimum absolute atomic E-state index is 0.0239. The van der Waals surface area contributed by atoms with E-state index in [0.29, 0.717) is 6.42 Å². The first-order chi connectivity index (χ1) is 10.2. The summed E-state index contributed by atoms with van der Waals surface area (Å²) < 4.78 is 10.3. The Morgan fingerprint density at radius 3 is 1.45 bits per heavy atom. The van der Waals surface area contributed by atoms with Gasteiger partial charge < -0.3 is 9.47 Å². The molecule has 0 N–H and O–H groups in total. The maximum atomic E-state index is 12.6. The molecule has 0 saturated heterocycles. The first-order valence-corrected chi connectivity index (χ1v) is 7.85. The molecule has 4 heteroatoms. The molecule has 22 heavy (non-hydrogen) atoms. The molecule has 0 atom stereocenters. The third kappa shape index (κ3) is 2.03. The Kier molecular flexibility index (Phi) is 3.11. The van der Waals surface area contributed by atoms with Crippen LogP contribution in [0.3, 0.4) is 0 Å². The molecule has 0 amide bonds. The predicted octanol–water partition coefficient (Wildman–Crippen LogP) is 3.73. The van der Waals surface area contributed by atoms with Crippen LogP contribution in [0.25, 0.3) is 0 Å². The van der Waals surface area contributed by atoms with Crippen molar-refractivity contribution in [2.75, 3.05) is 0 Å². The molecule has 4 fully saturated rings. The van der Waals surface area contributed by atoms with Crippen molar-refractivity contribution in [2.24, 2.45) is 21.7 Å². The highest BCUT2D eigenvalue weighted by Gasteiger charge is 2.70. The molecule has 0 aromatic rings. The van der Waals surface area contributed by atoms with Crippen LogP contribution in [0.4, 0.5) is 0 Å². The summed E-state index contributed by atoms with van der Waals surface area (Å²) in [6.45, 7) is 11.4. The van der Waals surface area contributed by atoms with Crippen molar-refractivity contribution in [3.63, 3.8) is 0 Å². The maximum Gasteiger partial charge on any atom is 0.316 e. The summed E-state index contributed by atoms with van der Waals surface area (Å²) in [7, 11) is 0. The van der Waals surface area contributed by atoms with Gasteiger partial charge in [-0.05, 0) is 49.4 Å². The van der Waals surface area contributed by atoms with E-state index in [1.807, 2.05) is 0 Å². The van der Waals surface area contributed by atoms with E-state index in [1.54, 1.807) is 0 Å². The van der Waals surface area contributed by atoms with E-state index in [4.69, 9.17) is 9.47 Å². The molecule has 0 heterocycles. The first kappa shape index (κ1) is 15.3. The topological polar surface area (TPSA) is 52.6 Å². The average Bonchev–Trinajstić information content (AvgIpc) is 2.35. The Labute approximate surface area is 131 Å². The van der Waals surface area contributed by atoms with Crippen LogP contribution in [0.2, 0.25) is 0 Å². The van der Waals surface area contributed by atoms with Crippen molar-refractivity contribution in [1.82, 2.24) is 0 Å². The Bertz CT molecular complexity index is 499. The quantitative estimate of drug-likeness (QED) is 0.586. The lowest BCUT2D eigenvalue weighted by atomic mass is 9.36. The van der Waals surface area contributed by atoms with Gasteiger partial charge in [-0.2, -0.15) is 0 Å². The zero-order valence-electron chi connectivity index (χ0n) is 13.4. The van der Waals surface area contributed by atoms with E-state index in [0.717, 1.165) is 32.1 Å². The van der Waals surface area contributed by atoms with Crippen LogP contribution in [0, 0.1) is 21.7 Å². The van der Waals surface area contributed by atoms with Crippen LogP contribution in [0.1, 0.15) is 52.4 Å². The molecule has 4 saturated carbocycles. The van der Waals surface area contributed by atoms with E-state index in [2.05, 4.69) is 27.0 Å². The van der Waals surface area contributed by atoms with Crippen molar-refractivity contribution in [3.8, 4) is 0 Å². The number of carbonyl (C=O) groups is 2. The van der Waals surface area contributed by atoms with Gasteiger partial charge in [0.05, 0.1) is 23.4 Å². The number of hydrogen-bond acceptors (Lipinski definition) is 4. The molecule has 0 spiro atoms. The SMILES string of the molecule is C=COC(=O)C12CC3(C)CC(C)(C1)CC(C(=O)OC=C)(C3)C2. The predicted molar refractivity (Wildman–Crippen MR) is 81.4 cm³/mol. The van der Waals surface area contributed by atoms with Crippen molar-refractivity contribution >= 4 is 11.9 Å². The van der Waals surface area contributed by atoms with Crippen LogP contribution in [-0.4, -0.2) is 11.9 Å². The largest absolute Gasteiger partial charge is 0.435 e. The second kappa shape index (κ2) is 4.46. The van der Waals surface area contributed by atoms with Crippen LogP contribution < -0.4 is 0 Å². The van der Waals surface area contributed by atoms with Gasteiger partial charge in [0.25, 0.3) is 0 Å². The molecule has 4 aliphatic carbocycles. The second-order valence-electron chi connectivity index (χ2n) is 8.39. The van der Waals surface area contributed by atoms with Gasteiger partial charge in [0.15, 0.2) is 0 Å². The normalized spacial score (nSPS) is 45.2. The van der Waals surface area contributed by atoms with Crippen molar-refractivity contribution in [3.05, 3.63) is 25.7 Å². The van der Waals surface area contributed by atoms with E-state index < -0.39 is 10.8 Å². The highest BCUT2D eigenvalue weighted by atomic mass is 16.5. The Morgan fingerprint density at radius 1 is 0.773 bits per heavy atom. The summed E-state index contributed by atoms with van der Waals surface area (Å²) in [4.78, 5) is 25.3. The van der Waals surface area contributed by atoms with Gasteiger partial charge in [0.2, 0.25) is 0 Å². The zero-order chi connectivity index (χ0) is 16.2. The standard InChI is InChI=1S/C18H24O4/c1-5-21-13(19)17-8-15(3)7-16(4,9-17)11-18(10-15,12-17)14(20)22-6-2/h5-6H,1-2,7-12H2,3-4H3. The highest BCUT2D eigenvalue weighted by molar-refractivity contribution is 5.84. The fraction of sp³-hybridized carbons (Fsp3) is 0.667. The number of esters is 2. The van der Waals surface area contributed by atoms with Crippen molar-refractivity contribution in [2.45, 2.75) is 52.4 Å². The van der Waals surface area contributed by atoms with Crippen LogP contribution >= 0.6 is 0 Å². The monoisotopic (exact) mass is 304 g/mol. The van der Waals surface area contributed by atoms with Gasteiger partial charge in [-0.3, -0.25) is 9.59 Å². The molecular formula is C18H24O4. The number of hydrogen-bond donors (Lipinski definition) is 0. The molecule has 4 rings (SSSR count). The summed E-state index contributed by atoms with van der Waals surface area (Å²) in [5, 5.41) is 0. The lowest BCUT2D eigenvalue weighted by molar-refractivity contribution is -0.216. The summed E-state index contributed by atoms with van der Waals surface area (Å²) in [6, 6.07) is 0. The summed E-state index contributed by atoms with van der Waals surface area (Å²) in [5.74, 6) is -0.482. The van der Waals surface area contributed by atoms with Crippen LogP contribution in [-0.2, 0) is 19.1 Å². The molecule has 4 aliphatic rings. The van der Waals surface area contributed by atoms with E-state index >= 15 is 0 Å². The second-order valence-corrected chi connectivity index (χ2v) is 8.39. The van der Waals surface area contributed by atoms with Gasteiger partial charge in [0.1, 0.15) is 0 Å². The smallest absolute Gasteiger partial charge is 0.316 e. The van der Waals surface area contributed by atoms with Gasteiger partial charge in [-0.15, -0.1) is 0 Å². The molecule has 120 valence electrons. The van der Waals surface area contributed by atoms with Crippen LogP contribution in [0.15, 0.2) is 25.7 Å². The molecule has 0 aliphatic heterocycles. The Morgan fingerprint density at radius 2 is 1.14 bits per heavy atom. The fourth-order valence-electron chi connectivity index (χ4n) is 6.53. The average molecular weight is 304 g/mol. The lowest BCUT2D eigenvalue weighted by Crippen LogP contribution is -2.64. The Hall–Kier alpha value is -1.58. The molecule has 4 bridgehead atoms. The first-order valence-electron chi connectivity index (χ1n) is 7.85. The van der Waals surface area contributed by atoms with Crippen molar-refractivity contribution < 1.29 is 19.1 Å². The van der Waals surface area contributed by atoms with Gasteiger partial charge in [-0.1, -0.05) is 27.0 Å². The molecule has 0 aromatic carbocycles. The number of carbonyl (C=O) groups excluding carboxylic acids is 2. The third-order valence-electron chi connectivity index (χ3n) is 5.84. The summed E-state index contributed by atoms with van der Waals surface area (Å²) in [6.07, 6.45) is 7.09. The zero-order valence-corrected chi connectivity index (χ0v) is 13.4. The van der Waals surface area contributed by atoms with Gasteiger partial charge in [-0.25, -0.2) is 0 Å². The summed E-state index contributed by atoms with van der Waals surface area (Å²) in [5.41, 5.74) is -1.23. The minimum Gasteiger partial charge on any atom is -0.435 e. The van der Waals surface area contributed by atoms with E-state index in [9.17, 15) is 9.59 Å². The van der Waals surface area contributed by atoms with Gasteiger partial charge in [0, 0.05) is 0 Å². The number of rotatable bonds is 4. The molecule has 0 aromatic heterocycles. The molecule has 4 nitrogen and oxygen atoms in total. The highest BCUT2D eigenvalue weighted by Crippen LogP contribution is 2.74.